The molecule has 1 aliphatic heterocycles. The van der Waals surface area contributed by atoms with Gasteiger partial charge in [0.1, 0.15) is 0 Å². The Hall–Kier alpha value is -0.450. The molecule has 0 bridgehead atoms. The summed E-state index contributed by atoms with van der Waals surface area (Å²) < 4.78 is 0. The molecular formula is C9H15N3S. The molecule has 2 heterocycles. The van der Waals surface area contributed by atoms with Crippen molar-refractivity contribution >= 4 is 11.3 Å². The van der Waals surface area contributed by atoms with Gasteiger partial charge in [-0.2, -0.15) is 0 Å². The smallest absolute Gasteiger partial charge is 0.0944 e. The molecule has 1 aromatic rings. The van der Waals surface area contributed by atoms with Crippen LogP contribution in [0.25, 0.3) is 0 Å². The number of hydrogen-bond donors (Lipinski definition) is 1. The molecule has 72 valence electrons. The van der Waals surface area contributed by atoms with Gasteiger partial charge in [-0.05, 0) is 20.0 Å². The lowest BCUT2D eigenvalue weighted by atomic mass is 10.2. The highest BCUT2D eigenvalue weighted by atomic mass is 32.1. The summed E-state index contributed by atoms with van der Waals surface area (Å²) in [4.78, 5) is 8.38. The van der Waals surface area contributed by atoms with Crippen molar-refractivity contribution in [2.75, 3.05) is 20.1 Å². The molecule has 0 saturated heterocycles. The fourth-order valence-corrected chi connectivity index (χ4v) is 2.69. The zero-order chi connectivity index (χ0) is 9.26. The quantitative estimate of drug-likeness (QED) is 0.756. The van der Waals surface area contributed by atoms with Crippen LogP contribution in [0, 0.1) is 0 Å². The summed E-state index contributed by atoms with van der Waals surface area (Å²) in [5.41, 5.74) is 6.78. The van der Waals surface area contributed by atoms with Crippen LogP contribution in [0.15, 0.2) is 0 Å². The molecular weight excluding hydrogens is 182 g/mol. The van der Waals surface area contributed by atoms with Crippen LogP contribution in [-0.2, 0) is 19.4 Å². The molecule has 0 saturated carbocycles. The predicted molar refractivity (Wildman–Crippen MR) is 54.9 cm³/mol. The van der Waals surface area contributed by atoms with Crippen molar-refractivity contribution in [2.45, 2.75) is 19.4 Å². The lowest BCUT2D eigenvalue weighted by Gasteiger charge is -2.20. The van der Waals surface area contributed by atoms with E-state index in [1.165, 1.54) is 15.6 Å². The molecule has 0 spiro atoms. The standard InChI is InChI=1S/C9H15N3S/c1-12-5-3-8-7(6-12)11-9(13-8)2-4-10/h2-6,10H2,1H3. The van der Waals surface area contributed by atoms with E-state index in [1.54, 1.807) is 0 Å². The highest BCUT2D eigenvalue weighted by Gasteiger charge is 2.17. The minimum atomic E-state index is 0.711. The van der Waals surface area contributed by atoms with Crippen LogP contribution < -0.4 is 5.73 Å². The summed E-state index contributed by atoms with van der Waals surface area (Å²) in [6.45, 7) is 2.88. The summed E-state index contributed by atoms with van der Waals surface area (Å²) in [5, 5.41) is 1.21. The lowest BCUT2D eigenvalue weighted by molar-refractivity contribution is 0.310. The van der Waals surface area contributed by atoms with E-state index in [4.69, 9.17) is 5.73 Å². The van der Waals surface area contributed by atoms with Gasteiger partial charge in [0.15, 0.2) is 0 Å². The number of nitrogens with zero attached hydrogens (tertiary/aromatic N) is 2. The van der Waals surface area contributed by atoms with Crippen molar-refractivity contribution in [1.29, 1.82) is 0 Å². The highest BCUT2D eigenvalue weighted by molar-refractivity contribution is 7.11. The number of likely N-dealkylation sites (N-methyl/N-ethyl adjacent to an activating group) is 1. The molecule has 0 aliphatic carbocycles. The van der Waals surface area contributed by atoms with Gasteiger partial charge in [-0.3, -0.25) is 0 Å². The first-order valence-electron chi connectivity index (χ1n) is 4.65. The van der Waals surface area contributed by atoms with Crippen LogP contribution in [0.4, 0.5) is 0 Å². The zero-order valence-corrected chi connectivity index (χ0v) is 8.73. The van der Waals surface area contributed by atoms with Crippen LogP contribution in [-0.4, -0.2) is 30.0 Å². The van der Waals surface area contributed by atoms with E-state index in [2.05, 4.69) is 16.9 Å². The third-order valence-electron chi connectivity index (χ3n) is 2.32. The lowest BCUT2D eigenvalue weighted by Crippen LogP contribution is -2.25. The van der Waals surface area contributed by atoms with Crippen LogP contribution in [0.3, 0.4) is 0 Å². The summed E-state index contributed by atoms with van der Waals surface area (Å²) in [7, 11) is 2.14. The van der Waals surface area contributed by atoms with Crippen molar-refractivity contribution in [2.24, 2.45) is 5.73 Å². The third-order valence-corrected chi connectivity index (χ3v) is 3.54. The normalized spacial score (nSPS) is 17.4. The predicted octanol–water partition coefficient (Wildman–Crippen LogP) is 0.632. The molecule has 0 amide bonds. The second-order valence-electron chi connectivity index (χ2n) is 3.50. The van der Waals surface area contributed by atoms with Gasteiger partial charge in [-0.15, -0.1) is 11.3 Å². The first-order chi connectivity index (χ1) is 6.29. The average Bonchev–Trinajstić information content (AvgIpc) is 2.46. The Morgan fingerprint density at radius 2 is 2.46 bits per heavy atom. The fourth-order valence-electron chi connectivity index (χ4n) is 1.61. The van der Waals surface area contributed by atoms with Gasteiger partial charge in [0, 0.05) is 24.4 Å². The van der Waals surface area contributed by atoms with Gasteiger partial charge in [-0.25, -0.2) is 4.98 Å². The molecule has 1 aliphatic rings. The van der Waals surface area contributed by atoms with Crippen molar-refractivity contribution in [3.05, 3.63) is 15.6 Å². The van der Waals surface area contributed by atoms with E-state index in [-0.39, 0.29) is 0 Å². The summed E-state index contributed by atoms with van der Waals surface area (Å²) in [6.07, 6.45) is 2.09. The van der Waals surface area contributed by atoms with Gasteiger partial charge in [0.2, 0.25) is 0 Å². The van der Waals surface area contributed by atoms with E-state index in [0.717, 1.165) is 25.9 Å². The Balaban J connectivity index is 2.18. The van der Waals surface area contributed by atoms with E-state index in [1.807, 2.05) is 11.3 Å². The monoisotopic (exact) mass is 197 g/mol. The molecule has 1 aromatic heterocycles. The SMILES string of the molecule is CN1CCc2sc(CCN)nc2C1. The van der Waals surface area contributed by atoms with E-state index < -0.39 is 0 Å². The first kappa shape index (κ1) is 9.12. The Bertz CT molecular complexity index is 295. The summed E-state index contributed by atoms with van der Waals surface area (Å²) in [5.74, 6) is 0. The molecule has 4 heteroatoms. The maximum Gasteiger partial charge on any atom is 0.0944 e. The van der Waals surface area contributed by atoms with Gasteiger partial charge in [0.05, 0.1) is 10.7 Å². The molecule has 0 fully saturated rings. The maximum atomic E-state index is 5.50. The van der Waals surface area contributed by atoms with Gasteiger partial charge < -0.3 is 10.6 Å². The first-order valence-corrected chi connectivity index (χ1v) is 5.47. The number of nitrogens with two attached hydrogens (primary N) is 1. The minimum Gasteiger partial charge on any atom is -0.330 e. The molecule has 0 atom stereocenters. The number of thiazole rings is 1. The number of hydrogen-bond acceptors (Lipinski definition) is 4. The van der Waals surface area contributed by atoms with Crippen molar-refractivity contribution < 1.29 is 0 Å². The second-order valence-corrected chi connectivity index (χ2v) is 4.67. The Labute approximate surface area is 82.6 Å². The maximum absolute atomic E-state index is 5.50. The van der Waals surface area contributed by atoms with Crippen LogP contribution in [0.1, 0.15) is 15.6 Å². The topological polar surface area (TPSA) is 42.1 Å². The number of rotatable bonds is 2. The Kier molecular flexibility index (Phi) is 2.62. The minimum absolute atomic E-state index is 0.711. The van der Waals surface area contributed by atoms with E-state index in [9.17, 15) is 0 Å². The zero-order valence-electron chi connectivity index (χ0n) is 7.92. The summed E-state index contributed by atoms with van der Waals surface area (Å²) in [6, 6.07) is 0. The number of fused-ring (bicyclic) bond motifs is 1. The fraction of sp³-hybridized carbons (Fsp3) is 0.667. The molecule has 0 aromatic carbocycles. The van der Waals surface area contributed by atoms with Crippen molar-refractivity contribution in [3.8, 4) is 0 Å². The van der Waals surface area contributed by atoms with Crippen molar-refractivity contribution in [3.63, 3.8) is 0 Å². The molecule has 13 heavy (non-hydrogen) atoms. The number of aromatic nitrogens is 1. The molecule has 3 nitrogen and oxygen atoms in total. The van der Waals surface area contributed by atoms with E-state index in [0.29, 0.717) is 6.54 Å². The Morgan fingerprint density at radius 1 is 1.62 bits per heavy atom. The molecule has 2 N–H and O–H groups in total. The van der Waals surface area contributed by atoms with Crippen LogP contribution in [0.5, 0.6) is 0 Å². The molecule has 0 radical (unpaired) electrons. The molecule has 0 unspecified atom stereocenters. The second kappa shape index (κ2) is 3.74. The highest BCUT2D eigenvalue weighted by Crippen LogP contribution is 2.24. The van der Waals surface area contributed by atoms with Crippen LogP contribution >= 0.6 is 11.3 Å². The van der Waals surface area contributed by atoms with Gasteiger partial charge >= 0.3 is 0 Å². The van der Waals surface area contributed by atoms with Crippen molar-refractivity contribution in [1.82, 2.24) is 9.88 Å². The van der Waals surface area contributed by atoms with Crippen LogP contribution in [0.2, 0.25) is 0 Å². The third kappa shape index (κ3) is 1.90. The average molecular weight is 197 g/mol. The van der Waals surface area contributed by atoms with Gasteiger partial charge in [-0.1, -0.05) is 0 Å². The van der Waals surface area contributed by atoms with Gasteiger partial charge in [0.25, 0.3) is 0 Å². The Morgan fingerprint density at radius 3 is 3.23 bits per heavy atom. The molecule has 2 rings (SSSR count). The van der Waals surface area contributed by atoms with E-state index >= 15 is 0 Å². The largest absolute Gasteiger partial charge is 0.330 e. The summed E-state index contributed by atoms with van der Waals surface area (Å²) >= 11 is 1.84.